The van der Waals surface area contributed by atoms with Crippen LogP contribution in [0.3, 0.4) is 0 Å². The molecule has 1 atom stereocenters. The molecule has 2 aliphatic carbocycles. The number of hydrogen-bond acceptors (Lipinski definition) is 5. The van der Waals surface area contributed by atoms with Crippen molar-refractivity contribution in [3.8, 4) is 0 Å². The highest BCUT2D eigenvalue weighted by atomic mass is 19.4. The number of nitrogens with zero attached hydrogens (tertiary/aromatic N) is 3. The standard InChI is InChI=1S/C26H30F4N4O3/c27-18-8-4-16(5-9-18)22(15-2-1-3-15)34-23(35)20-12-13-33(14-21(20)32-24(34)31)25(36)37-19-10-6-17(7-11-19)26(28,29)30/h4-5,8-9,15,17,19,22H,1-3,6-7,10-14H2,(H2,31,32)/t17-,19+,22?. The molecule has 3 aliphatic rings. The SMILES string of the molecule is Nc1nc2c(c(=O)n1C(c1ccc(F)cc1)C1CCC1)CCN(C(=O)O[C@H]1CC[C@@H](C(F)(F)F)CC1)C2. The molecule has 2 saturated carbocycles. The van der Waals surface area contributed by atoms with Crippen LogP contribution in [0.4, 0.5) is 28.3 Å². The quantitative estimate of drug-likeness (QED) is 0.573. The number of aromatic nitrogens is 2. The Hall–Kier alpha value is -3.11. The number of nitrogen functional groups attached to an aromatic ring is 1. The zero-order valence-corrected chi connectivity index (χ0v) is 20.3. The van der Waals surface area contributed by atoms with Crippen LogP contribution in [-0.4, -0.2) is 39.4 Å². The van der Waals surface area contributed by atoms with Crippen molar-refractivity contribution < 1.29 is 27.1 Å². The van der Waals surface area contributed by atoms with E-state index in [0.29, 0.717) is 11.3 Å². The van der Waals surface area contributed by atoms with Crippen molar-refractivity contribution in [1.29, 1.82) is 0 Å². The molecule has 2 heterocycles. The van der Waals surface area contributed by atoms with Crippen molar-refractivity contribution in [2.75, 3.05) is 12.3 Å². The lowest BCUT2D eigenvalue weighted by atomic mass is 9.77. The number of carbonyl (C=O) groups is 1. The number of fused-ring (bicyclic) bond motifs is 1. The molecule has 5 rings (SSSR count). The molecule has 11 heteroatoms. The van der Waals surface area contributed by atoms with Gasteiger partial charge in [-0.3, -0.25) is 9.36 Å². The molecule has 2 aromatic rings. The van der Waals surface area contributed by atoms with E-state index < -0.39 is 24.3 Å². The van der Waals surface area contributed by atoms with Crippen molar-refractivity contribution >= 4 is 12.0 Å². The van der Waals surface area contributed by atoms with Gasteiger partial charge in [-0.2, -0.15) is 13.2 Å². The van der Waals surface area contributed by atoms with Gasteiger partial charge in [0.05, 0.1) is 24.2 Å². The zero-order chi connectivity index (χ0) is 26.3. The topological polar surface area (TPSA) is 90.5 Å². The predicted octanol–water partition coefficient (Wildman–Crippen LogP) is 4.97. The number of nitrogens with two attached hydrogens (primary N) is 1. The van der Waals surface area contributed by atoms with Gasteiger partial charge in [-0.05, 0) is 68.6 Å². The van der Waals surface area contributed by atoms with E-state index in [0.717, 1.165) is 24.8 Å². The smallest absolute Gasteiger partial charge is 0.410 e. The lowest BCUT2D eigenvalue weighted by Gasteiger charge is -2.37. The monoisotopic (exact) mass is 522 g/mol. The number of carbonyl (C=O) groups excluding carboxylic acids is 1. The first-order valence-corrected chi connectivity index (χ1v) is 12.8. The number of alkyl halides is 3. The van der Waals surface area contributed by atoms with Gasteiger partial charge in [-0.15, -0.1) is 0 Å². The number of halogens is 4. The number of anilines is 1. The van der Waals surface area contributed by atoms with Crippen LogP contribution in [0.2, 0.25) is 0 Å². The summed E-state index contributed by atoms with van der Waals surface area (Å²) in [6.45, 7) is 0.270. The highest BCUT2D eigenvalue weighted by molar-refractivity contribution is 5.68. The van der Waals surface area contributed by atoms with Crippen LogP contribution >= 0.6 is 0 Å². The van der Waals surface area contributed by atoms with Crippen molar-refractivity contribution in [3.05, 3.63) is 57.3 Å². The Balaban J connectivity index is 1.32. The third kappa shape index (κ3) is 5.17. The van der Waals surface area contributed by atoms with E-state index in [1.807, 2.05) is 0 Å². The molecule has 37 heavy (non-hydrogen) atoms. The molecule has 2 fully saturated rings. The first kappa shape index (κ1) is 25.5. The van der Waals surface area contributed by atoms with Crippen LogP contribution in [0, 0.1) is 17.7 Å². The summed E-state index contributed by atoms with van der Waals surface area (Å²) >= 11 is 0. The van der Waals surface area contributed by atoms with Gasteiger partial charge in [0.2, 0.25) is 5.95 Å². The molecule has 2 N–H and O–H groups in total. The normalized spacial score (nSPS) is 23.2. The number of rotatable bonds is 4. The van der Waals surface area contributed by atoms with Gasteiger partial charge in [0.25, 0.3) is 5.56 Å². The Morgan fingerprint density at radius 3 is 2.35 bits per heavy atom. The molecule has 0 radical (unpaired) electrons. The number of ether oxygens (including phenoxy) is 1. The molecule has 0 bridgehead atoms. The number of benzene rings is 1. The summed E-state index contributed by atoms with van der Waals surface area (Å²) in [6, 6.07) is 5.72. The van der Waals surface area contributed by atoms with E-state index in [-0.39, 0.29) is 74.5 Å². The number of hydrogen-bond donors (Lipinski definition) is 1. The average molecular weight is 523 g/mol. The first-order chi connectivity index (χ1) is 17.6. The molecular weight excluding hydrogens is 492 g/mol. The van der Waals surface area contributed by atoms with Gasteiger partial charge in [-0.25, -0.2) is 14.2 Å². The fourth-order valence-electron chi connectivity index (χ4n) is 5.72. The molecule has 0 saturated heterocycles. The van der Waals surface area contributed by atoms with Gasteiger partial charge >= 0.3 is 12.3 Å². The minimum Gasteiger partial charge on any atom is -0.446 e. The Labute approximate surface area is 211 Å². The van der Waals surface area contributed by atoms with E-state index in [4.69, 9.17) is 10.5 Å². The molecule has 200 valence electrons. The summed E-state index contributed by atoms with van der Waals surface area (Å²) in [4.78, 5) is 32.3. The van der Waals surface area contributed by atoms with Crippen molar-refractivity contribution in [2.24, 2.45) is 11.8 Å². The Kier molecular flexibility index (Phi) is 6.89. The fraction of sp³-hybridized carbons (Fsp3) is 0.577. The second kappa shape index (κ2) is 9.98. The Morgan fingerprint density at radius 2 is 1.76 bits per heavy atom. The highest BCUT2D eigenvalue weighted by Gasteiger charge is 2.42. The maximum atomic E-state index is 13.6. The van der Waals surface area contributed by atoms with Crippen LogP contribution in [-0.2, 0) is 17.7 Å². The number of amides is 1. The lowest BCUT2D eigenvalue weighted by Crippen LogP contribution is -2.44. The van der Waals surface area contributed by atoms with Gasteiger partial charge in [0, 0.05) is 12.1 Å². The maximum Gasteiger partial charge on any atom is 0.410 e. The second-order valence-corrected chi connectivity index (χ2v) is 10.3. The molecule has 1 aromatic carbocycles. The zero-order valence-electron chi connectivity index (χ0n) is 20.3. The van der Waals surface area contributed by atoms with Crippen molar-refractivity contribution in [1.82, 2.24) is 14.5 Å². The summed E-state index contributed by atoms with van der Waals surface area (Å²) in [5.74, 6) is -1.49. The van der Waals surface area contributed by atoms with Gasteiger partial charge in [-0.1, -0.05) is 18.6 Å². The summed E-state index contributed by atoms with van der Waals surface area (Å²) < 4.78 is 59.3. The minimum absolute atomic E-state index is 0.0330. The van der Waals surface area contributed by atoms with Crippen LogP contribution < -0.4 is 11.3 Å². The molecule has 0 spiro atoms. The molecule has 1 amide bonds. The van der Waals surface area contributed by atoms with E-state index in [1.165, 1.54) is 21.6 Å². The van der Waals surface area contributed by atoms with Crippen molar-refractivity contribution in [3.63, 3.8) is 0 Å². The Bertz CT molecular complexity index is 1200. The van der Waals surface area contributed by atoms with E-state index >= 15 is 0 Å². The average Bonchev–Trinajstić information content (AvgIpc) is 2.82. The van der Waals surface area contributed by atoms with Crippen molar-refractivity contribution in [2.45, 2.75) is 76.2 Å². The molecule has 1 aromatic heterocycles. The van der Waals surface area contributed by atoms with Gasteiger partial charge in [0.1, 0.15) is 11.9 Å². The third-order valence-corrected chi connectivity index (χ3v) is 8.04. The molecule has 1 unspecified atom stereocenters. The van der Waals surface area contributed by atoms with Gasteiger partial charge < -0.3 is 15.4 Å². The minimum atomic E-state index is -4.22. The largest absolute Gasteiger partial charge is 0.446 e. The van der Waals surface area contributed by atoms with E-state index in [9.17, 15) is 27.2 Å². The molecular formula is C26H30F4N4O3. The Morgan fingerprint density at radius 1 is 1.08 bits per heavy atom. The molecule has 7 nitrogen and oxygen atoms in total. The third-order valence-electron chi connectivity index (χ3n) is 8.04. The van der Waals surface area contributed by atoms with Gasteiger partial charge in [0.15, 0.2) is 0 Å². The summed E-state index contributed by atoms with van der Waals surface area (Å²) in [7, 11) is 0. The van der Waals surface area contributed by atoms with Crippen LogP contribution in [0.25, 0.3) is 0 Å². The summed E-state index contributed by atoms with van der Waals surface area (Å²) in [5, 5.41) is 0. The predicted molar refractivity (Wildman–Crippen MR) is 127 cm³/mol. The van der Waals surface area contributed by atoms with E-state index in [1.54, 1.807) is 12.1 Å². The maximum absolute atomic E-state index is 13.6. The first-order valence-electron chi connectivity index (χ1n) is 12.8. The molecule has 1 aliphatic heterocycles. The van der Waals surface area contributed by atoms with E-state index in [2.05, 4.69) is 4.98 Å². The van der Waals surface area contributed by atoms with Crippen LogP contribution in [0.15, 0.2) is 29.1 Å². The fourth-order valence-corrected chi connectivity index (χ4v) is 5.72. The van der Waals surface area contributed by atoms with Crippen LogP contribution in [0.5, 0.6) is 0 Å². The lowest BCUT2D eigenvalue weighted by molar-refractivity contribution is -0.186. The summed E-state index contributed by atoms with van der Waals surface area (Å²) in [6.07, 6.45) is -2.02. The van der Waals surface area contributed by atoms with Crippen LogP contribution in [0.1, 0.15) is 67.8 Å². The summed E-state index contributed by atoms with van der Waals surface area (Å²) in [5.41, 5.74) is 7.71. The highest BCUT2D eigenvalue weighted by Crippen LogP contribution is 2.41. The second-order valence-electron chi connectivity index (χ2n) is 10.3.